The fraction of sp³-hybridized carbons (Fsp3) is 0.214. The Labute approximate surface area is 214 Å². The van der Waals surface area contributed by atoms with Gasteiger partial charge in [-0.15, -0.1) is 0 Å². The Balaban J connectivity index is 1.77. The third kappa shape index (κ3) is 4.25. The van der Waals surface area contributed by atoms with Gasteiger partial charge in [-0.3, -0.25) is 14.8 Å². The van der Waals surface area contributed by atoms with Gasteiger partial charge in [0.15, 0.2) is 11.5 Å². The number of phenols is 1. The molecule has 7 heteroatoms. The molecular weight excluding hydrogens is 481 g/mol. The van der Waals surface area contributed by atoms with E-state index in [0.29, 0.717) is 5.56 Å². The minimum absolute atomic E-state index is 0.0662. The van der Waals surface area contributed by atoms with Crippen LogP contribution in [0.2, 0.25) is 10.0 Å². The summed E-state index contributed by atoms with van der Waals surface area (Å²) in [5, 5.41) is 15.2. The normalized spacial score (nSPS) is 12.9. The number of carbonyl (C=O) groups is 1. The van der Waals surface area contributed by atoms with Gasteiger partial charge in [0.2, 0.25) is 0 Å². The molecule has 0 atom stereocenters. The Morgan fingerprint density at radius 2 is 1.66 bits per heavy atom. The molecule has 0 amide bonds. The molecule has 1 heterocycles. The van der Waals surface area contributed by atoms with Crippen LogP contribution in [0, 0.1) is 0 Å². The minimum atomic E-state index is -0.144. The van der Waals surface area contributed by atoms with Gasteiger partial charge in [-0.1, -0.05) is 35.3 Å². The Hall–Kier alpha value is -3.12. The van der Waals surface area contributed by atoms with Crippen LogP contribution >= 0.6 is 23.2 Å². The Kier molecular flexibility index (Phi) is 6.18. The van der Waals surface area contributed by atoms with E-state index >= 15 is 0 Å². The van der Waals surface area contributed by atoms with E-state index in [9.17, 15) is 9.90 Å². The molecule has 0 bridgehead atoms. The number of benzene rings is 3. The highest BCUT2D eigenvalue weighted by Crippen LogP contribution is 2.41. The summed E-state index contributed by atoms with van der Waals surface area (Å²) < 4.78 is 0. The summed E-state index contributed by atoms with van der Waals surface area (Å²) in [6.45, 7) is 1.56. The number of Topliss-reactive ketones (excluding diaryl/α,β-unsaturated/α-hetero) is 1. The number of fused-ring (bicyclic) bond motifs is 2. The number of pyridine rings is 1. The van der Waals surface area contributed by atoms with Gasteiger partial charge in [0.1, 0.15) is 0 Å². The number of ketones is 1. The van der Waals surface area contributed by atoms with Crippen LogP contribution in [0.15, 0.2) is 54.7 Å². The molecule has 1 aromatic heterocycles. The second-order valence-corrected chi connectivity index (χ2v) is 9.88. The molecular formula is C28H25Cl2N3O2. The molecule has 3 aromatic carbocycles. The maximum atomic E-state index is 12.8. The van der Waals surface area contributed by atoms with Crippen molar-refractivity contribution < 1.29 is 9.90 Å². The minimum Gasteiger partial charge on any atom is -0.505 e. The van der Waals surface area contributed by atoms with Crippen LogP contribution in [-0.4, -0.2) is 35.0 Å². The molecule has 1 N–H and O–H groups in total. The summed E-state index contributed by atoms with van der Waals surface area (Å²) in [5.74, 6) is -0.210. The zero-order valence-corrected chi connectivity index (χ0v) is 21.3. The van der Waals surface area contributed by atoms with Crippen LogP contribution in [0.25, 0.3) is 22.0 Å². The predicted octanol–water partition coefficient (Wildman–Crippen LogP) is 7.22. The van der Waals surface area contributed by atoms with Crippen molar-refractivity contribution in [1.29, 1.82) is 0 Å². The van der Waals surface area contributed by atoms with Crippen molar-refractivity contribution in [2.24, 2.45) is 0 Å². The summed E-state index contributed by atoms with van der Waals surface area (Å²) in [4.78, 5) is 17.4. The zero-order chi connectivity index (χ0) is 24.9. The van der Waals surface area contributed by atoms with Crippen molar-refractivity contribution in [3.8, 4) is 16.9 Å². The third-order valence-electron chi connectivity index (χ3n) is 6.51. The number of carbonyl (C=O) groups excluding carboxylic acids is 1. The van der Waals surface area contributed by atoms with E-state index in [0.717, 1.165) is 46.2 Å². The monoisotopic (exact) mass is 505 g/mol. The SMILES string of the molecule is CC(=O)c1cnc2ccc(-c3cc(Cl)c(O)c(Cl)c3)cc2c1N(c1ccc2c(c1)CCC2)N(C)C. The number of aryl methyl sites for hydroxylation is 2. The Morgan fingerprint density at radius 1 is 0.943 bits per heavy atom. The van der Waals surface area contributed by atoms with E-state index in [1.165, 1.54) is 17.5 Å². The molecule has 0 spiro atoms. The van der Waals surface area contributed by atoms with Crippen molar-refractivity contribution in [3.05, 3.63) is 81.5 Å². The number of hydrogen-bond acceptors (Lipinski definition) is 5. The lowest BCUT2D eigenvalue weighted by Crippen LogP contribution is -2.34. The molecule has 0 unspecified atom stereocenters. The molecule has 1 aliphatic rings. The fourth-order valence-corrected chi connectivity index (χ4v) is 5.31. The van der Waals surface area contributed by atoms with Gasteiger partial charge in [0.25, 0.3) is 0 Å². The number of phenolic OH excluding ortho intramolecular Hbond substituents is 1. The number of hydrazine groups is 1. The van der Waals surface area contributed by atoms with E-state index in [1.54, 1.807) is 25.3 Å². The van der Waals surface area contributed by atoms with Gasteiger partial charge in [0, 0.05) is 25.7 Å². The lowest BCUT2D eigenvalue weighted by Gasteiger charge is -2.33. The van der Waals surface area contributed by atoms with E-state index in [2.05, 4.69) is 28.2 Å². The molecule has 1 aliphatic carbocycles. The quantitative estimate of drug-likeness (QED) is 0.229. The highest BCUT2D eigenvalue weighted by atomic mass is 35.5. The van der Waals surface area contributed by atoms with Crippen LogP contribution in [0.1, 0.15) is 34.8 Å². The molecule has 4 aromatic rings. The van der Waals surface area contributed by atoms with Gasteiger partial charge < -0.3 is 5.11 Å². The maximum absolute atomic E-state index is 12.8. The molecule has 5 rings (SSSR count). The number of halogens is 2. The number of anilines is 2. The molecule has 0 aliphatic heterocycles. The zero-order valence-electron chi connectivity index (χ0n) is 19.8. The van der Waals surface area contributed by atoms with E-state index < -0.39 is 0 Å². The summed E-state index contributed by atoms with van der Waals surface area (Å²) in [7, 11) is 3.93. The van der Waals surface area contributed by atoms with Gasteiger partial charge >= 0.3 is 0 Å². The summed E-state index contributed by atoms with van der Waals surface area (Å²) in [5.41, 5.74) is 7.40. The highest BCUT2D eigenvalue weighted by molar-refractivity contribution is 6.37. The second-order valence-electron chi connectivity index (χ2n) is 9.06. The van der Waals surface area contributed by atoms with Crippen molar-refractivity contribution >= 4 is 51.3 Å². The molecule has 5 nitrogen and oxygen atoms in total. The first-order chi connectivity index (χ1) is 16.7. The van der Waals surface area contributed by atoms with Gasteiger partial charge in [-0.05, 0) is 84.8 Å². The third-order valence-corrected chi connectivity index (χ3v) is 7.08. The molecule has 0 saturated carbocycles. The Morgan fingerprint density at radius 3 is 2.34 bits per heavy atom. The molecule has 0 fully saturated rings. The highest BCUT2D eigenvalue weighted by Gasteiger charge is 2.24. The van der Waals surface area contributed by atoms with Crippen LogP contribution < -0.4 is 5.01 Å². The van der Waals surface area contributed by atoms with Crippen molar-refractivity contribution in [1.82, 2.24) is 9.99 Å². The van der Waals surface area contributed by atoms with Gasteiger partial charge in [-0.2, -0.15) is 0 Å². The standard InChI is InChI=1S/C28H25Cl2N3O2/c1-16(34)23-15-31-26-10-8-19(20-13-24(29)28(35)25(30)14-20)12-22(26)27(23)33(32(2)3)21-9-7-17-5-4-6-18(17)11-21/h7-15,35H,4-6H2,1-3H3. The van der Waals surface area contributed by atoms with Crippen LogP contribution in [-0.2, 0) is 12.8 Å². The topological polar surface area (TPSA) is 56.7 Å². The van der Waals surface area contributed by atoms with Gasteiger partial charge in [0.05, 0.1) is 32.5 Å². The first kappa shape index (κ1) is 23.6. The molecule has 0 radical (unpaired) electrons. The second kappa shape index (κ2) is 9.15. The molecule has 35 heavy (non-hydrogen) atoms. The molecule has 178 valence electrons. The van der Waals surface area contributed by atoms with Crippen LogP contribution in [0.5, 0.6) is 5.75 Å². The number of rotatable bonds is 5. The molecule has 0 saturated heterocycles. The lowest BCUT2D eigenvalue weighted by atomic mass is 9.99. The number of hydrogen-bond donors (Lipinski definition) is 1. The van der Waals surface area contributed by atoms with Crippen LogP contribution in [0.3, 0.4) is 0 Å². The number of aromatic hydroxyl groups is 1. The first-order valence-corrected chi connectivity index (χ1v) is 12.2. The average Bonchev–Trinajstić information content (AvgIpc) is 3.30. The summed E-state index contributed by atoms with van der Waals surface area (Å²) in [6.07, 6.45) is 4.99. The smallest absolute Gasteiger partial charge is 0.163 e. The fourth-order valence-electron chi connectivity index (χ4n) is 4.83. The van der Waals surface area contributed by atoms with Crippen molar-refractivity contribution in [2.75, 3.05) is 19.1 Å². The lowest BCUT2D eigenvalue weighted by molar-refractivity contribution is 0.101. The van der Waals surface area contributed by atoms with Crippen molar-refractivity contribution in [2.45, 2.75) is 26.2 Å². The number of aromatic nitrogens is 1. The largest absolute Gasteiger partial charge is 0.505 e. The van der Waals surface area contributed by atoms with Crippen LogP contribution in [0.4, 0.5) is 11.4 Å². The van der Waals surface area contributed by atoms with Crippen molar-refractivity contribution in [3.63, 3.8) is 0 Å². The van der Waals surface area contributed by atoms with E-state index in [1.807, 2.05) is 37.3 Å². The Bertz CT molecular complexity index is 1460. The first-order valence-electron chi connectivity index (χ1n) is 11.5. The number of nitrogens with zero attached hydrogens (tertiary/aromatic N) is 3. The van der Waals surface area contributed by atoms with Gasteiger partial charge in [-0.25, -0.2) is 5.01 Å². The average molecular weight is 506 g/mol. The predicted molar refractivity (Wildman–Crippen MR) is 143 cm³/mol. The summed E-state index contributed by atoms with van der Waals surface area (Å²) in [6, 6.07) is 15.7. The summed E-state index contributed by atoms with van der Waals surface area (Å²) >= 11 is 12.4. The van der Waals surface area contributed by atoms with E-state index in [-0.39, 0.29) is 21.6 Å². The maximum Gasteiger partial charge on any atom is 0.163 e. The van der Waals surface area contributed by atoms with E-state index in [4.69, 9.17) is 23.2 Å².